The molecule has 0 aliphatic heterocycles. The molecule has 0 unspecified atom stereocenters. The molecular formula is C18H17N5O5. The van der Waals surface area contributed by atoms with Gasteiger partial charge in [0.2, 0.25) is 0 Å². The topological polar surface area (TPSA) is 145 Å². The smallest absolute Gasteiger partial charge is 0.429 e. The number of H-pyrrole nitrogens is 1. The zero-order valence-corrected chi connectivity index (χ0v) is 14.6. The largest absolute Gasteiger partial charge is 0.514 e. The minimum atomic E-state index is -0.921. The lowest BCUT2D eigenvalue weighted by Crippen LogP contribution is -2.11. The second-order valence-electron chi connectivity index (χ2n) is 5.70. The fourth-order valence-corrected chi connectivity index (χ4v) is 2.32. The quantitative estimate of drug-likeness (QED) is 0.185. The van der Waals surface area contributed by atoms with Crippen LogP contribution in [0, 0.1) is 10.1 Å². The molecule has 0 radical (unpaired) electrons. The van der Waals surface area contributed by atoms with E-state index >= 15 is 0 Å². The molecule has 0 aliphatic rings. The van der Waals surface area contributed by atoms with E-state index in [0.29, 0.717) is 23.5 Å². The Balaban J connectivity index is 1.54. The number of imidazole rings is 1. The molecule has 0 amide bonds. The van der Waals surface area contributed by atoms with Crippen LogP contribution in [-0.2, 0) is 17.9 Å². The van der Waals surface area contributed by atoms with Gasteiger partial charge in [0.1, 0.15) is 18.2 Å². The van der Waals surface area contributed by atoms with E-state index in [1.54, 1.807) is 30.6 Å². The second-order valence-corrected chi connectivity index (χ2v) is 5.70. The molecule has 0 saturated carbocycles. The van der Waals surface area contributed by atoms with E-state index in [1.807, 2.05) is 0 Å². The SMILES string of the molecule is Nc1ccc(COC(=O)Oc2ccc([N+](=O)[O-])cc2)cc1NCc1ncc[nH]1. The van der Waals surface area contributed by atoms with Crippen LogP contribution in [-0.4, -0.2) is 21.0 Å². The Morgan fingerprint density at radius 2 is 2.04 bits per heavy atom. The van der Waals surface area contributed by atoms with Gasteiger partial charge in [0.05, 0.1) is 22.8 Å². The van der Waals surface area contributed by atoms with Crippen LogP contribution in [0.2, 0.25) is 0 Å². The monoisotopic (exact) mass is 383 g/mol. The van der Waals surface area contributed by atoms with Crippen LogP contribution in [0.25, 0.3) is 0 Å². The van der Waals surface area contributed by atoms with E-state index in [1.165, 1.54) is 24.3 Å². The Bertz CT molecular complexity index is 957. The Labute approximate surface area is 159 Å². The number of aromatic amines is 1. The number of non-ortho nitro benzene ring substituents is 1. The van der Waals surface area contributed by atoms with Crippen molar-refractivity contribution in [2.24, 2.45) is 0 Å². The molecule has 0 aliphatic carbocycles. The molecule has 0 fully saturated rings. The fraction of sp³-hybridized carbons (Fsp3) is 0.111. The number of aromatic nitrogens is 2. The van der Waals surface area contributed by atoms with E-state index in [-0.39, 0.29) is 18.0 Å². The zero-order chi connectivity index (χ0) is 19.9. The number of carbonyl (C=O) groups is 1. The van der Waals surface area contributed by atoms with E-state index in [4.69, 9.17) is 15.2 Å². The third-order valence-electron chi connectivity index (χ3n) is 3.72. The van der Waals surface area contributed by atoms with Crippen LogP contribution in [0.5, 0.6) is 5.75 Å². The van der Waals surface area contributed by atoms with Crippen molar-refractivity contribution in [3.63, 3.8) is 0 Å². The highest BCUT2D eigenvalue weighted by Crippen LogP contribution is 2.22. The molecule has 3 aromatic rings. The van der Waals surface area contributed by atoms with Gasteiger partial charge >= 0.3 is 6.16 Å². The molecule has 10 nitrogen and oxygen atoms in total. The summed E-state index contributed by atoms with van der Waals surface area (Å²) in [5.41, 5.74) is 7.78. The average Bonchev–Trinajstić information content (AvgIpc) is 3.20. The summed E-state index contributed by atoms with van der Waals surface area (Å²) < 4.78 is 10.1. The highest BCUT2D eigenvalue weighted by atomic mass is 16.7. The number of nitrogens with zero attached hydrogens (tertiary/aromatic N) is 2. The number of ether oxygens (including phenoxy) is 2. The second kappa shape index (κ2) is 8.54. The highest BCUT2D eigenvalue weighted by Gasteiger charge is 2.10. The van der Waals surface area contributed by atoms with Crippen LogP contribution in [0.3, 0.4) is 0 Å². The Hall–Kier alpha value is -4.08. The summed E-state index contributed by atoms with van der Waals surface area (Å²) in [5, 5.41) is 13.8. The van der Waals surface area contributed by atoms with Crippen molar-refractivity contribution in [3.05, 3.63) is 76.4 Å². The number of nitro groups is 1. The molecule has 10 heteroatoms. The van der Waals surface area contributed by atoms with Gasteiger partial charge in [-0.25, -0.2) is 9.78 Å². The number of nitrogens with two attached hydrogens (primary N) is 1. The zero-order valence-electron chi connectivity index (χ0n) is 14.6. The standard InChI is InChI=1S/C18H17N5O5/c19-15-6-1-12(9-16(15)22-10-17-20-7-8-21-17)11-27-18(24)28-14-4-2-13(3-5-14)23(25)26/h1-9,22H,10-11,19H2,(H,20,21). The lowest BCUT2D eigenvalue weighted by molar-refractivity contribution is -0.384. The van der Waals surface area contributed by atoms with Crippen molar-refractivity contribution < 1.29 is 19.2 Å². The first-order valence-electron chi connectivity index (χ1n) is 8.21. The molecule has 28 heavy (non-hydrogen) atoms. The summed E-state index contributed by atoms with van der Waals surface area (Å²) in [6, 6.07) is 10.3. The van der Waals surface area contributed by atoms with Crippen LogP contribution < -0.4 is 15.8 Å². The van der Waals surface area contributed by atoms with Crippen molar-refractivity contribution >= 4 is 23.2 Å². The molecule has 1 heterocycles. The number of anilines is 2. The summed E-state index contributed by atoms with van der Waals surface area (Å²) in [5.74, 6) is 0.904. The number of rotatable bonds is 7. The van der Waals surface area contributed by atoms with Crippen LogP contribution in [0.4, 0.5) is 21.9 Å². The Kier molecular flexibility index (Phi) is 5.70. The number of nitro benzene ring substituents is 1. The summed E-state index contributed by atoms with van der Waals surface area (Å²) in [7, 11) is 0. The fourth-order valence-electron chi connectivity index (χ4n) is 2.32. The van der Waals surface area contributed by atoms with Crippen LogP contribution in [0.1, 0.15) is 11.4 Å². The van der Waals surface area contributed by atoms with Gasteiger partial charge in [-0.05, 0) is 29.8 Å². The summed E-state index contributed by atoms with van der Waals surface area (Å²) in [4.78, 5) is 29.0. The third kappa shape index (κ3) is 4.97. The predicted molar refractivity (Wildman–Crippen MR) is 101 cm³/mol. The molecule has 144 valence electrons. The van der Waals surface area contributed by atoms with Crippen molar-refractivity contribution in [1.29, 1.82) is 0 Å². The number of nitrogen functional groups attached to an aromatic ring is 1. The van der Waals surface area contributed by atoms with Gasteiger partial charge < -0.3 is 25.5 Å². The molecule has 2 aromatic carbocycles. The maximum absolute atomic E-state index is 11.8. The van der Waals surface area contributed by atoms with E-state index < -0.39 is 11.1 Å². The molecule has 0 spiro atoms. The Morgan fingerprint density at radius 1 is 1.25 bits per heavy atom. The van der Waals surface area contributed by atoms with Gasteiger partial charge in [0.25, 0.3) is 5.69 Å². The third-order valence-corrected chi connectivity index (χ3v) is 3.72. The van der Waals surface area contributed by atoms with Crippen molar-refractivity contribution in [2.45, 2.75) is 13.2 Å². The van der Waals surface area contributed by atoms with E-state index in [0.717, 1.165) is 5.82 Å². The van der Waals surface area contributed by atoms with Gasteiger partial charge in [0, 0.05) is 24.5 Å². The minimum absolute atomic E-state index is 0.0263. The van der Waals surface area contributed by atoms with E-state index in [9.17, 15) is 14.9 Å². The number of carbonyl (C=O) groups excluding carboxylic acids is 1. The molecular weight excluding hydrogens is 366 g/mol. The first-order valence-corrected chi connectivity index (χ1v) is 8.21. The highest BCUT2D eigenvalue weighted by molar-refractivity contribution is 5.67. The van der Waals surface area contributed by atoms with Gasteiger partial charge in [-0.2, -0.15) is 0 Å². The number of benzene rings is 2. The maximum Gasteiger partial charge on any atom is 0.514 e. The average molecular weight is 383 g/mol. The molecule has 1 aromatic heterocycles. The summed E-state index contributed by atoms with van der Waals surface area (Å²) >= 11 is 0. The van der Waals surface area contributed by atoms with Crippen molar-refractivity contribution in [3.8, 4) is 5.75 Å². The van der Waals surface area contributed by atoms with E-state index in [2.05, 4.69) is 15.3 Å². The van der Waals surface area contributed by atoms with Crippen LogP contribution >= 0.6 is 0 Å². The molecule has 0 saturated heterocycles. The lowest BCUT2D eigenvalue weighted by atomic mass is 10.2. The number of nitrogens with one attached hydrogen (secondary N) is 2. The summed E-state index contributed by atoms with van der Waals surface area (Å²) in [6.07, 6.45) is 2.46. The van der Waals surface area contributed by atoms with Crippen LogP contribution in [0.15, 0.2) is 54.9 Å². The number of hydrogen-bond acceptors (Lipinski definition) is 8. The first kappa shape index (κ1) is 18.7. The lowest BCUT2D eigenvalue weighted by Gasteiger charge is -2.11. The van der Waals surface area contributed by atoms with Gasteiger partial charge in [-0.1, -0.05) is 6.07 Å². The van der Waals surface area contributed by atoms with Crippen molar-refractivity contribution in [2.75, 3.05) is 11.1 Å². The molecule has 0 bridgehead atoms. The first-order chi connectivity index (χ1) is 13.5. The predicted octanol–water partition coefficient (Wildman–Crippen LogP) is 3.23. The molecule has 3 rings (SSSR count). The van der Waals surface area contributed by atoms with Gasteiger partial charge in [0.15, 0.2) is 0 Å². The molecule has 0 atom stereocenters. The van der Waals surface area contributed by atoms with Crippen molar-refractivity contribution in [1.82, 2.24) is 9.97 Å². The Morgan fingerprint density at radius 3 is 2.71 bits per heavy atom. The normalized spacial score (nSPS) is 10.3. The maximum atomic E-state index is 11.8. The minimum Gasteiger partial charge on any atom is -0.429 e. The summed E-state index contributed by atoms with van der Waals surface area (Å²) in [6.45, 7) is 0.436. The number of hydrogen-bond donors (Lipinski definition) is 3. The van der Waals surface area contributed by atoms with Gasteiger partial charge in [-0.15, -0.1) is 0 Å². The van der Waals surface area contributed by atoms with Gasteiger partial charge in [-0.3, -0.25) is 10.1 Å². The molecule has 4 N–H and O–H groups in total.